The molecule has 0 saturated carbocycles. The van der Waals surface area contributed by atoms with E-state index in [4.69, 9.17) is 13.2 Å². The standard InChI is InChI=1S/C46H45N.C2H6/c1-9-17-32(6)46(31(5)10-2)41-22-15-13-18-36(41)38-27-26-35(29-42(38)46)47(34-25-24-33(11-3)30(4)28-34)43-23-16-20-39-37-19-12-14-21-40(37)45(7,8)44(39)43;1-2/h9,12-29H,5-6,10-11H2,1-4,7-8H3;1-2H3/b17-9-;. The van der Waals surface area contributed by atoms with Crippen molar-refractivity contribution in [2.45, 2.75) is 79.1 Å². The molecule has 2 aliphatic rings. The van der Waals surface area contributed by atoms with Crippen LogP contribution < -0.4 is 4.90 Å². The van der Waals surface area contributed by atoms with Crippen molar-refractivity contribution in [3.63, 3.8) is 0 Å². The number of allylic oxidation sites excluding steroid dienone is 4. The zero-order valence-corrected chi connectivity index (χ0v) is 30.7. The van der Waals surface area contributed by atoms with Crippen LogP contribution in [0.2, 0.25) is 0 Å². The van der Waals surface area contributed by atoms with Gasteiger partial charge in [-0.15, -0.1) is 0 Å². The molecule has 7 rings (SSSR count). The molecule has 0 fully saturated rings. The summed E-state index contributed by atoms with van der Waals surface area (Å²) in [4.78, 5) is 2.50. The van der Waals surface area contributed by atoms with E-state index in [9.17, 15) is 0 Å². The Labute approximate surface area is 295 Å². The normalized spacial score (nSPS) is 16.2. The van der Waals surface area contributed by atoms with E-state index in [0.717, 1.165) is 29.7 Å². The van der Waals surface area contributed by atoms with Crippen molar-refractivity contribution in [3.05, 3.63) is 173 Å². The second-order valence-electron chi connectivity index (χ2n) is 13.7. The second-order valence-corrected chi connectivity index (χ2v) is 13.7. The fourth-order valence-corrected chi connectivity index (χ4v) is 8.60. The van der Waals surface area contributed by atoms with E-state index >= 15 is 0 Å². The Balaban J connectivity index is 0.00000205. The molecular formula is C48H51N. The molecule has 0 spiro atoms. The first kappa shape index (κ1) is 34.0. The Morgan fingerprint density at radius 1 is 0.694 bits per heavy atom. The summed E-state index contributed by atoms with van der Waals surface area (Å²) in [7, 11) is 0. The molecule has 0 bridgehead atoms. The maximum atomic E-state index is 4.73. The van der Waals surface area contributed by atoms with Gasteiger partial charge in [-0.1, -0.05) is 145 Å². The number of rotatable bonds is 8. The molecule has 1 atom stereocenters. The van der Waals surface area contributed by atoms with Crippen LogP contribution in [0.15, 0.2) is 140 Å². The SMILES string of the molecule is C=C(/C=C\C)C1(C(=C)CC)c2ccccc2-c2ccc(N(c3ccc(CC)c(C)c3)c3cccc4c3C(C)(C)c3ccccc3-4)cc21.CC. The summed E-state index contributed by atoms with van der Waals surface area (Å²) < 4.78 is 0. The number of aryl methyl sites for hydroxylation is 2. The molecule has 1 unspecified atom stereocenters. The summed E-state index contributed by atoms with van der Waals surface area (Å²) in [6.45, 7) is 27.0. The molecule has 0 saturated heterocycles. The van der Waals surface area contributed by atoms with Gasteiger partial charge in [0, 0.05) is 16.8 Å². The van der Waals surface area contributed by atoms with Crippen molar-refractivity contribution in [2.75, 3.05) is 4.90 Å². The number of fused-ring (bicyclic) bond motifs is 6. The topological polar surface area (TPSA) is 3.24 Å². The number of benzene rings is 5. The fraction of sp³-hybridized carbons (Fsp3) is 0.250. The molecule has 1 heteroatoms. The Kier molecular flexibility index (Phi) is 9.16. The first-order chi connectivity index (χ1) is 23.7. The fourth-order valence-electron chi connectivity index (χ4n) is 8.60. The molecule has 0 heterocycles. The average molecular weight is 642 g/mol. The van der Waals surface area contributed by atoms with Crippen LogP contribution in [0.25, 0.3) is 22.3 Å². The van der Waals surface area contributed by atoms with Crippen LogP contribution in [-0.2, 0) is 17.3 Å². The molecule has 0 radical (unpaired) electrons. The zero-order chi connectivity index (χ0) is 35.1. The molecule has 0 amide bonds. The van der Waals surface area contributed by atoms with Gasteiger partial charge in [0.25, 0.3) is 0 Å². The summed E-state index contributed by atoms with van der Waals surface area (Å²) in [6.07, 6.45) is 6.15. The number of hydrogen-bond donors (Lipinski definition) is 0. The van der Waals surface area contributed by atoms with Crippen molar-refractivity contribution in [1.29, 1.82) is 0 Å². The van der Waals surface area contributed by atoms with Crippen LogP contribution in [0.1, 0.15) is 88.3 Å². The van der Waals surface area contributed by atoms with Gasteiger partial charge in [0.05, 0.1) is 11.1 Å². The largest absolute Gasteiger partial charge is 0.310 e. The lowest BCUT2D eigenvalue weighted by molar-refractivity contribution is 0.660. The molecule has 0 aliphatic heterocycles. The van der Waals surface area contributed by atoms with E-state index in [1.54, 1.807) is 0 Å². The van der Waals surface area contributed by atoms with E-state index < -0.39 is 5.41 Å². The van der Waals surface area contributed by atoms with Gasteiger partial charge < -0.3 is 4.90 Å². The van der Waals surface area contributed by atoms with Crippen molar-refractivity contribution in [2.24, 2.45) is 0 Å². The molecule has 1 nitrogen and oxygen atoms in total. The van der Waals surface area contributed by atoms with E-state index in [2.05, 4.69) is 162 Å². The summed E-state index contributed by atoms with van der Waals surface area (Å²) in [6, 6.07) is 38.7. The minimum Gasteiger partial charge on any atom is -0.310 e. The quantitative estimate of drug-likeness (QED) is 0.120. The summed E-state index contributed by atoms with van der Waals surface area (Å²) >= 11 is 0. The summed E-state index contributed by atoms with van der Waals surface area (Å²) in [5.74, 6) is 0. The molecular weight excluding hydrogens is 591 g/mol. The van der Waals surface area contributed by atoms with Crippen LogP contribution in [0.3, 0.4) is 0 Å². The van der Waals surface area contributed by atoms with Crippen LogP contribution in [0.5, 0.6) is 0 Å². The molecule has 0 N–H and O–H groups in total. The smallest absolute Gasteiger partial charge is 0.0665 e. The van der Waals surface area contributed by atoms with Gasteiger partial charge in [0.15, 0.2) is 0 Å². The van der Waals surface area contributed by atoms with E-state index in [1.165, 1.54) is 67.0 Å². The minimum absolute atomic E-state index is 0.160. The van der Waals surface area contributed by atoms with Gasteiger partial charge in [-0.2, -0.15) is 0 Å². The highest BCUT2D eigenvalue weighted by Crippen LogP contribution is 2.59. The molecule has 5 aromatic rings. The highest BCUT2D eigenvalue weighted by molar-refractivity contribution is 5.93. The average Bonchev–Trinajstić information content (AvgIpc) is 3.55. The van der Waals surface area contributed by atoms with Gasteiger partial charge >= 0.3 is 0 Å². The summed E-state index contributed by atoms with van der Waals surface area (Å²) in [5.41, 5.74) is 18.2. The van der Waals surface area contributed by atoms with E-state index in [-0.39, 0.29) is 5.41 Å². The Morgan fingerprint density at radius 2 is 1.29 bits per heavy atom. The maximum Gasteiger partial charge on any atom is 0.0665 e. The molecule has 248 valence electrons. The third-order valence-corrected chi connectivity index (χ3v) is 10.9. The highest BCUT2D eigenvalue weighted by atomic mass is 15.1. The predicted octanol–water partition coefficient (Wildman–Crippen LogP) is 13.7. The first-order valence-electron chi connectivity index (χ1n) is 18.1. The monoisotopic (exact) mass is 641 g/mol. The summed E-state index contributed by atoms with van der Waals surface area (Å²) in [5, 5.41) is 0. The Bertz CT molecular complexity index is 2100. The van der Waals surface area contributed by atoms with Crippen molar-refractivity contribution in [1.82, 2.24) is 0 Å². The number of nitrogens with zero attached hydrogens (tertiary/aromatic N) is 1. The molecule has 49 heavy (non-hydrogen) atoms. The van der Waals surface area contributed by atoms with Gasteiger partial charge in [-0.05, 0) is 118 Å². The van der Waals surface area contributed by atoms with Crippen LogP contribution >= 0.6 is 0 Å². The first-order valence-corrected chi connectivity index (χ1v) is 18.1. The van der Waals surface area contributed by atoms with Crippen molar-refractivity contribution < 1.29 is 0 Å². The molecule has 2 aliphatic carbocycles. The van der Waals surface area contributed by atoms with E-state index in [1.807, 2.05) is 13.8 Å². The molecule has 5 aromatic carbocycles. The van der Waals surface area contributed by atoms with Crippen molar-refractivity contribution in [3.8, 4) is 22.3 Å². The molecule has 0 aromatic heterocycles. The van der Waals surface area contributed by atoms with Gasteiger partial charge in [-0.3, -0.25) is 0 Å². The van der Waals surface area contributed by atoms with E-state index in [0.29, 0.717) is 0 Å². The lowest BCUT2D eigenvalue weighted by Crippen LogP contribution is -2.29. The maximum absolute atomic E-state index is 4.73. The van der Waals surface area contributed by atoms with Crippen LogP contribution in [-0.4, -0.2) is 0 Å². The minimum atomic E-state index is -0.509. The number of anilines is 3. The van der Waals surface area contributed by atoms with Gasteiger partial charge in [0.1, 0.15) is 0 Å². The second kappa shape index (κ2) is 13.2. The zero-order valence-electron chi connectivity index (χ0n) is 30.7. The lowest BCUT2D eigenvalue weighted by atomic mass is 9.66. The number of hydrogen-bond acceptors (Lipinski definition) is 1. The third kappa shape index (κ3) is 5.05. The van der Waals surface area contributed by atoms with Gasteiger partial charge in [0.2, 0.25) is 0 Å². The Morgan fingerprint density at radius 3 is 1.94 bits per heavy atom. The van der Waals surface area contributed by atoms with Crippen LogP contribution in [0, 0.1) is 6.92 Å². The lowest BCUT2D eigenvalue weighted by Gasteiger charge is -2.37. The van der Waals surface area contributed by atoms with Gasteiger partial charge in [-0.25, -0.2) is 0 Å². The van der Waals surface area contributed by atoms with Crippen LogP contribution in [0.4, 0.5) is 17.1 Å². The third-order valence-electron chi connectivity index (χ3n) is 10.9. The predicted molar refractivity (Wildman–Crippen MR) is 214 cm³/mol. The Hall–Kier alpha value is -4.88. The highest BCUT2D eigenvalue weighted by Gasteiger charge is 2.46. The van der Waals surface area contributed by atoms with Crippen molar-refractivity contribution >= 4 is 17.1 Å².